The molecule has 0 aliphatic heterocycles. The maximum atomic E-state index is 13.3. The third-order valence-electron chi connectivity index (χ3n) is 2.88. The Hall–Kier alpha value is -2.97. The normalized spacial score (nSPS) is 11.6. The quantitative estimate of drug-likeness (QED) is 0.785. The maximum Gasteiger partial charge on any atom is 0.434 e. The van der Waals surface area contributed by atoms with E-state index in [-0.39, 0.29) is 11.4 Å². The van der Waals surface area contributed by atoms with E-state index in [0.29, 0.717) is 5.56 Å². The van der Waals surface area contributed by atoms with E-state index in [2.05, 4.69) is 20.3 Å². The van der Waals surface area contributed by atoms with E-state index in [1.165, 1.54) is 24.5 Å². The van der Waals surface area contributed by atoms with E-state index in [1.807, 2.05) is 0 Å². The van der Waals surface area contributed by atoms with Crippen molar-refractivity contribution in [2.75, 3.05) is 5.73 Å². The van der Waals surface area contributed by atoms with E-state index in [1.54, 1.807) is 18.2 Å². The van der Waals surface area contributed by atoms with Gasteiger partial charge in [0, 0.05) is 0 Å². The van der Waals surface area contributed by atoms with Gasteiger partial charge in [0.25, 0.3) is 0 Å². The highest BCUT2D eigenvalue weighted by Gasteiger charge is 2.38. The molecule has 0 saturated heterocycles. The highest BCUT2D eigenvalue weighted by Crippen LogP contribution is 2.38. The fourth-order valence-electron chi connectivity index (χ4n) is 2.03. The molecule has 0 spiro atoms. The fraction of sp³-hybridized carbons (Fsp3) is 0.0769. The highest BCUT2D eigenvalue weighted by atomic mass is 19.4. The van der Waals surface area contributed by atoms with Crippen LogP contribution in [0.2, 0.25) is 0 Å². The van der Waals surface area contributed by atoms with Gasteiger partial charge in [-0.15, -0.1) is 5.10 Å². The second kappa shape index (κ2) is 5.10. The lowest BCUT2D eigenvalue weighted by atomic mass is 10.0. The van der Waals surface area contributed by atoms with E-state index in [4.69, 9.17) is 5.73 Å². The van der Waals surface area contributed by atoms with Gasteiger partial charge in [-0.25, -0.2) is 9.67 Å². The molecule has 9 heteroatoms. The van der Waals surface area contributed by atoms with Crippen LogP contribution in [-0.2, 0) is 6.18 Å². The van der Waals surface area contributed by atoms with E-state index in [0.717, 1.165) is 4.68 Å². The molecular weight excluding hydrogens is 297 g/mol. The minimum absolute atomic E-state index is 0.0801. The summed E-state index contributed by atoms with van der Waals surface area (Å²) in [4.78, 5) is 7.26. The molecule has 0 unspecified atom stereocenters. The summed E-state index contributed by atoms with van der Waals surface area (Å²) < 4.78 is 41.2. The molecule has 0 bridgehead atoms. The molecule has 0 atom stereocenters. The van der Waals surface area contributed by atoms with Crippen LogP contribution in [0.1, 0.15) is 5.69 Å². The van der Waals surface area contributed by atoms with Gasteiger partial charge in [0.05, 0.1) is 18.0 Å². The van der Waals surface area contributed by atoms with Gasteiger partial charge in [0.15, 0.2) is 11.5 Å². The molecule has 0 amide bonds. The zero-order chi connectivity index (χ0) is 15.7. The molecule has 0 saturated carbocycles. The Labute approximate surface area is 122 Å². The molecule has 1 aromatic carbocycles. The van der Waals surface area contributed by atoms with Gasteiger partial charge in [-0.1, -0.05) is 35.5 Å². The van der Waals surface area contributed by atoms with Crippen LogP contribution in [0.5, 0.6) is 0 Å². The average Bonchev–Trinajstić information content (AvgIpc) is 3.00. The van der Waals surface area contributed by atoms with Crippen molar-refractivity contribution in [2.24, 2.45) is 0 Å². The van der Waals surface area contributed by atoms with E-state index >= 15 is 0 Å². The van der Waals surface area contributed by atoms with Crippen LogP contribution < -0.4 is 5.73 Å². The second-order valence-electron chi connectivity index (χ2n) is 4.34. The molecule has 112 valence electrons. The number of nitrogens with two attached hydrogens (primary N) is 1. The van der Waals surface area contributed by atoms with E-state index in [9.17, 15) is 13.2 Å². The Bertz CT molecular complexity index is 784. The summed E-state index contributed by atoms with van der Waals surface area (Å²) in [6, 6.07) is 8.01. The lowest BCUT2D eigenvalue weighted by Crippen LogP contribution is -2.16. The number of aromatic nitrogens is 5. The summed E-state index contributed by atoms with van der Waals surface area (Å²) in [5, 5.41) is 7.28. The Morgan fingerprint density at radius 2 is 1.77 bits per heavy atom. The van der Waals surface area contributed by atoms with Crippen LogP contribution in [0.15, 0.2) is 42.7 Å². The molecule has 2 heterocycles. The SMILES string of the molecule is Nc1nc(-n2ccnn2)c(-c2ccccc2)c(C(F)(F)F)n1. The monoisotopic (exact) mass is 306 g/mol. The minimum Gasteiger partial charge on any atom is -0.368 e. The number of anilines is 1. The third kappa shape index (κ3) is 2.48. The predicted octanol–water partition coefficient (Wildman–Crippen LogP) is 2.33. The topological polar surface area (TPSA) is 82.5 Å². The van der Waals surface area contributed by atoms with Gasteiger partial charge in [-0.2, -0.15) is 18.2 Å². The van der Waals surface area contributed by atoms with Gasteiger partial charge >= 0.3 is 6.18 Å². The van der Waals surface area contributed by atoms with Crippen LogP contribution in [0.4, 0.5) is 19.1 Å². The summed E-state index contributed by atoms with van der Waals surface area (Å²) >= 11 is 0. The molecule has 3 aromatic rings. The first kappa shape index (κ1) is 14.0. The van der Waals surface area contributed by atoms with Crippen molar-refractivity contribution in [3.63, 3.8) is 0 Å². The first-order chi connectivity index (χ1) is 10.5. The molecule has 0 aliphatic rings. The van der Waals surface area contributed by atoms with Crippen molar-refractivity contribution in [2.45, 2.75) is 6.18 Å². The van der Waals surface area contributed by atoms with Gasteiger partial charge in [0.2, 0.25) is 5.95 Å². The van der Waals surface area contributed by atoms with Crippen molar-refractivity contribution < 1.29 is 13.2 Å². The molecule has 22 heavy (non-hydrogen) atoms. The Morgan fingerprint density at radius 3 is 2.36 bits per heavy atom. The van der Waals surface area contributed by atoms with Crippen molar-refractivity contribution in [1.82, 2.24) is 25.0 Å². The smallest absolute Gasteiger partial charge is 0.368 e. The standard InChI is InChI=1S/C13H9F3N6/c14-13(15,16)10-9(8-4-2-1-3-5-8)11(20-12(17)19-10)22-7-6-18-21-22/h1-7H,(H2,17,19,20). The van der Waals surface area contributed by atoms with Crippen LogP contribution in [0, 0.1) is 0 Å². The number of alkyl halides is 3. The maximum absolute atomic E-state index is 13.3. The van der Waals surface area contributed by atoms with Crippen LogP contribution in [0.25, 0.3) is 16.9 Å². The molecule has 3 rings (SSSR count). The first-order valence-electron chi connectivity index (χ1n) is 6.13. The van der Waals surface area contributed by atoms with E-state index < -0.39 is 17.8 Å². The number of nitrogens with zero attached hydrogens (tertiary/aromatic N) is 5. The van der Waals surface area contributed by atoms with Crippen molar-refractivity contribution in [1.29, 1.82) is 0 Å². The summed E-state index contributed by atoms with van der Waals surface area (Å²) in [5.74, 6) is -0.568. The number of halogens is 3. The predicted molar refractivity (Wildman–Crippen MR) is 71.8 cm³/mol. The lowest BCUT2D eigenvalue weighted by Gasteiger charge is -2.15. The number of hydrogen-bond acceptors (Lipinski definition) is 5. The fourth-order valence-corrected chi connectivity index (χ4v) is 2.03. The number of rotatable bonds is 2. The highest BCUT2D eigenvalue weighted by molar-refractivity contribution is 5.74. The third-order valence-corrected chi connectivity index (χ3v) is 2.88. The average molecular weight is 306 g/mol. The van der Waals surface area contributed by atoms with Gasteiger partial charge in [-0.3, -0.25) is 0 Å². The lowest BCUT2D eigenvalue weighted by molar-refractivity contribution is -0.140. The van der Waals surface area contributed by atoms with Crippen molar-refractivity contribution in [3.8, 4) is 16.9 Å². The summed E-state index contributed by atoms with van der Waals surface area (Å²) in [6.07, 6.45) is -1.97. The van der Waals surface area contributed by atoms with Gasteiger partial charge < -0.3 is 5.73 Å². The largest absolute Gasteiger partial charge is 0.434 e. The molecule has 0 fully saturated rings. The minimum atomic E-state index is -4.68. The molecule has 0 radical (unpaired) electrons. The van der Waals surface area contributed by atoms with Gasteiger partial charge in [0.1, 0.15) is 0 Å². The summed E-state index contributed by atoms with van der Waals surface area (Å²) in [6.45, 7) is 0. The zero-order valence-corrected chi connectivity index (χ0v) is 11.0. The first-order valence-corrected chi connectivity index (χ1v) is 6.13. The Kier molecular flexibility index (Phi) is 3.24. The van der Waals surface area contributed by atoms with Crippen molar-refractivity contribution >= 4 is 5.95 Å². The van der Waals surface area contributed by atoms with Crippen LogP contribution >= 0.6 is 0 Å². The second-order valence-corrected chi connectivity index (χ2v) is 4.34. The number of hydrogen-bond donors (Lipinski definition) is 1. The molecular formula is C13H9F3N6. The summed E-state index contributed by atoms with van der Waals surface area (Å²) in [5.41, 5.74) is 4.42. The number of nitrogen functional groups attached to an aromatic ring is 1. The zero-order valence-electron chi connectivity index (χ0n) is 11.0. The Balaban J connectivity index is 2.37. The van der Waals surface area contributed by atoms with Crippen LogP contribution in [-0.4, -0.2) is 25.0 Å². The van der Waals surface area contributed by atoms with Crippen LogP contribution in [0.3, 0.4) is 0 Å². The van der Waals surface area contributed by atoms with Crippen molar-refractivity contribution in [3.05, 3.63) is 48.4 Å². The van der Waals surface area contributed by atoms with Gasteiger partial charge in [-0.05, 0) is 5.56 Å². The Morgan fingerprint density at radius 1 is 1.05 bits per heavy atom. The molecule has 2 aromatic heterocycles. The molecule has 0 aliphatic carbocycles. The number of benzene rings is 1. The molecule has 2 N–H and O–H groups in total. The summed E-state index contributed by atoms with van der Waals surface area (Å²) in [7, 11) is 0. The molecule has 6 nitrogen and oxygen atoms in total.